The Kier molecular flexibility index (Phi) is 7.69. The van der Waals surface area contributed by atoms with Gasteiger partial charge >= 0.3 is 0 Å². The van der Waals surface area contributed by atoms with Crippen molar-refractivity contribution in [2.75, 3.05) is 12.0 Å². The van der Waals surface area contributed by atoms with Gasteiger partial charge in [-0.3, -0.25) is 0 Å². The van der Waals surface area contributed by atoms with Crippen LogP contribution in [0.15, 0.2) is 40.1 Å². The topological polar surface area (TPSA) is 43.4 Å². The molecule has 0 N–H and O–H groups in total. The first kappa shape index (κ1) is 21.5. The monoisotopic (exact) mass is 420 g/mol. The zero-order chi connectivity index (χ0) is 20.0. The number of hydrogen-bond acceptors (Lipinski definition) is 4. The molecule has 2 aromatic rings. The first-order valence-corrected chi connectivity index (χ1v) is 13.4. The number of benzene rings is 2. The van der Waals surface area contributed by atoms with E-state index in [1.54, 1.807) is 17.8 Å². The van der Waals surface area contributed by atoms with Crippen molar-refractivity contribution in [3.8, 4) is 5.75 Å². The lowest BCUT2D eigenvalue weighted by Gasteiger charge is -2.24. The fourth-order valence-electron chi connectivity index (χ4n) is 3.92. The summed E-state index contributed by atoms with van der Waals surface area (Å²) < 4.78 is 31.3. The molecule has 0 heterocycles. The maximum Gasteiger partial charge on any atom is 0.176 e. The van der Waals surface area contributed by atoms with E-state index in [1.165, 1.54) is 44.8 Å². The van der Waals surface area contributed by atoms with E-state index in [0.717, 1.165) is 46.4 Å². The Balaban J connectivity index is 1.95. The summed E-state index contributed by atoms with van der Waals surface area (Å²) in [6.07, 6.45) is 12.3. The molecule has 0 saturated heterocycles. The maximum atomic E-state index is 12.5. The summed E-state index contributed by atoms with van der Waals surface area (Å²) in [6.45, 7) is 2.21. The molecule has 3 nitrogen and oxygen atoms in total. The van der Waals surface area contributed by atoms with E-state index in [-0.39, 0.29) is 6.10 Å². The molecule has 28 heavy (non-hydrogen) atoms. The highest BCUT2D eigenvalue weighted by atomic mass is 32.2. The number of unbranched alkanes of at least 4 members (excludes halogenated alkanes) is 3. The van der Waals surface area contributed by atoms with Gasteiger partial charge in [0.25, 0.3) is 0 Å². The lowest BCUT2D eigenvalue weighted by Crippen LogP contribution is -2.19. The second-order valence-electron chi connectivity index (χ2n) is 7.80. The second kappa shape index (κ2) is 10.0. The largest absolute Gasteiger partial charge is 0.490 e. The van der Waals surface area contributed by atoms with Gasteiger partial charge < -0.3 is 4.74 Å². The summed E-state index contributed by atoms with van der Waals surface area (Å²) in [4.78, 5) is 1.46. The molecule has 1 aliphatic rings. The molecular formula is C23H32O3S2. The van der Waals surface area contributed by atoms with Gasteiger partial charge in [0.1, 0.15) is 5.75 Å². The van der Waals surface area contributed by atoms with Crippen LogP contribution >= 0.6 is 11.8 Å². The Morgan fingerprint density at radius 1 is 1.04 bits per heavy atom. The highest BCUT2D eigenvalue weighted by Gasteiger charge is 2.20. The average molecular weight is 421 g/mol. The summed E-state index contributed by atoms with van der Waals surface area (Å²) in [5.74, 6) is 1.83. The lowest BCUT2D eigenvalue weighted by atomic mass is 9.97. The predicted octanol–water partition coefficient (Wildman–Crippen LogP) is 6.63. The summed E-state index contributed by atoms with van der Waals surface area (Å²) in [6, 6.07) is 9.66. The van der Waals surface area contributed by atoms with Crippen molar-refractivity contribution in [2.24, 2.45) is 0 Å². The Hall–Kier alpha value is -1.20. The highest BCUT2D eigenvalue weighted by molar-refractivity contribution is 7.99. The second-order valence-corrected chi connectivity index (χ2v) is 10.9. The SMILES string of the molecule is CCCCCCSc1ccc(OC2CCCCC2)c2cccc(S(C)(=O)=O)c12. The summed E-state index contributed by atoms with van der Waals surface area (Å²) in [7, 11) is -3.31. The van der Waals surface area contributed by atoms with Gasteiger partial charge in [0.2, 0.25) is 0 Å². The van der Waals surface area contributed by atoms with E-state index in [4.69, 9.17) is 4.74 Å². The van der Waals surface area contributed by atoms with Crippen molar-refractivity contribution < 1.29 is 13.2 Å². The smallest absolute Gasteiger partial charge is 0.176 e. The fraction of sp³-hybridized carbons (Fsp3) is 0.565. The van der Waals surface area contributed by atoms with Crippen LogP contribution in [0.1, 0.15) is 64.7 Å². The molecule has 2 aromatic carbocycles. The first-order chi connectivity index (χ1) is 13.5. The minimum absolute atomic E-state index is 0.242. The molecule has 1 saturated carbocycles. The molecule has 0 bridgehead atoms. The Morgan fingerprint density at radius 2 is 1.82 bits per heavy atom. The highest BCUT2D eigenvalue weighted by Crippen LogP contribution is 2.39. The normalized spacial score (nSPS) is 15.8. The number of rotatable bonds is 9. The van der Waals surface area contributed by atoms with Crippen LogP contribution in [-0.4, -0.2) is 26.5 Å². The van der Waals surface area contributed by atoms with E-state index in [0.29, 0.717) is 4.90 Å². The minimum Gasteiger partial charge on any atom is -0.490 e. The van der Waals surface area contributed by atoms with Crippen LogP contribution in [0.5, 0.6) is 5.75 Å². The van der Waals surface area contributed by atoms with Gasteiger partial charge in [-0.2, -0.15) is 0 Å². The molecule has 5 heteroatoms. The third-order valence-corrected chi connectivity index (χ3v) is 7.71. The molecule has 0 atom stereocenters. The summed E-state index contributed by atoms with van der Waals surface area (Å²) in [5.41, 5.74) is 0. The molecule has 0 spiro atoms. The lowest BCUT2D eigenvalue weighted by molar-refractivity contribution is 0.157. The predicted molar refractivity (Wildman–Crippen MR) is 119 cm³/mol. The van der Waals surface area contributed by atoms with Crippen LogP contribution in [0, 0.1) is 0 Å². The van der Waals surface area contributed by atoms with Crippen LogP contribution in [0.2, 0.25) is 0 Å². The van der Waals surface area contributed by atoms with E-state index in [9.17, 15) is 8.42 Å². The van der Waals surface area contributed by atoms with Crippen molar-refractivity contribution in [3.05, 3.63) is 30.3 Å². The average Bonchev–Trinajstić information content (AvgIpc) is 2.69. The zero-order valence-corrected chi connectivity index (χ0v) is 18.7. The molecule has 1 fully saturated rings. The Bertz CT molecular complexity index is 884. The minimum atomic E-state index is -3.31. The van der Waals surface area contributed by atoms with Gasteiger partial charge in [-0.15, -0.1) is 11.8 Å². The van der Waals surface area contributed by atoms with Crippen molar-refractivity contribution >= 4 is 32.4 Å². The Morgan fingerprint density at radius 3 is 2.54 bits per heavy atom. The van der Waals surface area contributed by atoms with Gasteiger partial charge in [0.05, 0.1) is 11.0 Å². The maximum absolute atomic E-state index is 12.5. The zero-order valence-electron chi connectivity index (χ0n) is 17.1. The van der Waals surface area contributed by atoms with E-state index >= 15 is 0 Å². The third kappa shape index (κ3) is 5.44. The van der Waals surface area contributed by atoms with Gasteiger partial charge in [-0.25, -0.2) is 8.42 Å². The molecule has 0 amide bonds. The van der Waals surface area contributed by atoms with Crippen molar-refractivity contribution in [1.29, 1.82) is 0 Å². The van der Waals surface area contributed by atoms with Gasteiger partial charge in [0, 0.05) is 21.9 Å². The molecule has 0 aliphatic heterocycles. The number of fused-ring (bicyclic) bond motifs is 1. The standard InChI is InChI=1S/C23H32O3S2/c1-3-4-5-9-17-27-21-16-15-20(26-18-11-7-6-8-12-18)19-13-10-14-22(23(19)21)28(2,24)25/h10,13-16,18H,3-9,11-12,17H2,1-2H3. The van der Waals surface area contributed by atoms with Crippen molar-refractivity contribution in [1.82, 2.24) is 0 Å². The number of sulfone groups is 1. The molecule has 1 aliphatic carbocycles. The van der Waals surface area contributed by atoms with Crippen molar-refractivity contribution in [3.63, 3.8) is 0 Å². The van der Waals surface area contributed by atoms with E-state index < -0.39 is 9.84 Å². The first-order valence-electron chi connectivity index (χ1n) is 10.6. The molecule has 0 radical (unpaired) electrons. The number of hydrogen-bond donors (Lipinski definition) is 0. The van der Waals surface area contributed by atoms with Crippen LogP contribution in [-0.2, 0) is 9.84 Å². The fourth-order valence-corrected chi connectivity index (χ4v) is 6.00. The molecule has 0 aromatic heterocycles. The molecule has 3 rings (SSSR count). The van der Waals surface area contributed by atoms with Crippen LogP contribution in [0.3, 0.4) is 0 Å². The van der Waals surface area contributed by atoms with Crippen LogP contribution < -0.4 is 4.74 Å². The van der Waals surface area contributed by atoms with Crippen LogP contribution in [0.4, 0.5) is 0 Å². The Labute approximate surface area is 174 Å². The quantitative estimate of drug-likeness (QED) is 0.337. The molecule has 154 valence electrons. The number of thioether (sulfide) groups is 1. The molecular weight excluding hydrogens is 388 g/mol. The third-order valence-electron chi connectivity index (χ3n) is 5.42. The van der Waals surface area contributed by atoms with Gasteiger partial charge in [-0.05, 0) is 56.1 Å². The number of ether oxygens (including phenoxy) is 1. The summed E-state index contributed by atoms with van der Waals surface area (Å²) >= 11 is 1.77. The van der Waals surface area contributed by atoms with E-state index in [1.807, 2.05) is 18.2 Å². The summed E-state index contributed by atoms with van der Waals surface area (Å²) in [5, 5.41) is 1.76. The van der Waals surface area contributed by atoms with Crippen LogP contribution in [0.25, 0.3) is 10.8 Å². The van der Waals surface area contributed by atoms with E-state index in [2.05, 4.69) is 13.0 Å². The van der Waals surface area contributed by atoms with Crippen molar-refractivity contribution in [2.45, 2.75) is 80.6 Å². The molecule has 0 unspecified atom stereocenters. The van der Waals surface area contributed by atoms with Gasteiger partial charge in [-0.1, -0.05) is 44.7 Å². The van der Waals surface area contributed by atoms with Gasteiger partial charge in [0.15, 0.2) is 9.84 Å².